The summed E-state index contributed by atoms with van der Waals surface area (Å²) < 4.78 is 5.50. The van der Waals surface area contributed by atoms with Crippen molar-refractivity contribution >= 4 is 0 Å². The molecule has 2 saturated heterocycles. The molecular formula is C14H26N2O. The Labute approximate surface area is 105 Å². The Morgan fingerprint density at radius 3 is 2.65 bits per heavy atom. The Morgan fingerprint density at radius 2 is 2.12 bits per heavy atom. The topological polar surface area (TPSA) is 33.3 Å². The predicted molar refractivity (Wildman–Crippen MR) is 69.0 cm³/mol. The van der Waals surface area contributed by atoms with Crippen molar-refractivity contribution < 1.29 is 4.74 Å². The molecule has 3 rings (SSSR count). The van der Waals surface area contributed by atoms with Crippen molar-refractivity contribution in [3.63, 3.8) is 0 Å². The third-order valence-corrected chi connectivity index (χ3v) is 5.52. The van der Waals surface area contributed by atoms with Gasteiger partial charge in [0.2, 0.25) is 0 Å². The lowest BCUT2D eigenvalue weighted by Gasteiger charge is -2.52. The van der Waals surface area contributed by atoms with Crippen LogP contribution in [0, 0.1) is 11.3 Å². The summed E-state index contributed by atoms with van der Waals surface area (Å²) in [4.78, 5) is 0. The minimum absolute atomic E-state index is 0.305. The van der Waals surface area contributed by atoms with Gasteiger partial charge in [-0.1, -0.05) is 13.8 Å². The molecule has 1 saturated carbocycles. The summed E-state index contributed by atoms with van der Waals surface area (Å²) in [6.45, 7) is 5.83. The average Bonchev–Trinajstić information content (AvgIpc) is 2.89. The molecule has 0 aromatic carbocycles. The summed E-state index contributed by atoms with van der Waals surface area (Å²) in [6.07, 6.45) is 5.81. The van der Waals surface area contributed by atoms with Crippen LogP contribution in [-0.2, 0) is 4.74 Å². The predicted octanol–water partition coefficient (Wildman–Crippen LogP) is 1.53. The molecule has 0 spiro atoms. The molecule has 3 heteroatoms. The molecule has 3 nitrogen and oxygen atoms in total. The van der Waals surface area contributed by atoms with Gasteiger partial charge in [0.15, 0.2) is 0 Å². The summed E-state index contributed by atoms with van der Waals surface area (Å²) in [5.74, 6) is 0.867. The first-order chi connectivity index (χ1) is 8.11. The lowest BCUT2D eigenvalue weighted by atomic mass is 9.64. The van der Waals surface area contributed by atoms with Crippen molar-refractivity contribution in [3.05, 3.63) is 0 Å². The van der Waals surface area contributed by atoms with E-state index in [1.54, 1.807) is 0 Å². The van der Waals surface area contributed by atoms with Gasteiger partial charge in [-0.25, -0.2) is 0 Å². The van der Waals surface area contributed by atoms with E-state index in [9.17, 15) is 0 Å². The van der Waals surface area contributed by atoms with Crippen molar-refractivity contribution in [2.45, 2.75) is 63.8 Å². The van der Waals surface area contributed by atoms with Crippen LogP contribution in [-0.4, -0.2) is 37.9 Å². The first-order valence-corrected chi connectivity index (χ1v) is 7.13. The third-order valence-electron chi connectivity index (χ3n) is 5.52. The average molecular weight is 238 g/mol. The summed E-state index contributed by atoms with van der Waals surface area (Å²) in [7, 11) is 1.84. The van der Waals surface area contributed by atoms with E-state index in [-0.39, 0.29) is 0 Å². The van der Waals surface area contributed by atoms with E-state index in [1.165, 1.54) is 32.2 Å². The maximum Gasteiger partial charge on any atom is 0.0652 e. The van der Waals surface area contributed by atoms with Gasteiger partial charge in [-0.15, -0.1) is 0 Å². The van der Waals surface area contributed by atoms with Crippen LogP contribution in [0.4, 0.5) is 0 Å². The Morgan fingerprint density at radius 1 is 1.29 bits per heavy atom. The van der Waals surface area contributed by atoms with Gasteiger partial charge in [-0.05, 0) is 38.1 Å². The normalized spacial score (nSPS) is 47.1. The van der Waals surface area contributed by atoms with Gasteiger partial charge in [0.25, 0.3) is 0 Å². The molecule has 1 aliphatic carbocycles. The molecule has 0 radical (unpaired) electrons. The van der Waals surface area contributed by atoms with Crippen molar-refractivity contribution in [1.82, 2.24) is 10.6 Å². The van der Waals surface area contributed by atoms with E-state index in [2.05, 4.69) is 24.5 Å². The monoisotopic (exact) mass is 238 g/mol. The molecule has 0 aromatic rings. The molecule has 3 fully saturated rings. The fourth-order valence-corrected chi connectivity index (χ4v) is 4.09. The van der Waals surface area contributed by atoms with Crippen LogP contribution in [0.15, 0.2) is 0 Å². The second-order valence-corrected chi connectivity index (χ2v) is 6.79. The Balaban J connectivity index is 1.47. The largest absolute Gasteiger partial charge is 0.381 e. The van der Waals surface area contributed by atoms with Gasteiger partial charge in [0, 0.05) is 30.7 Å². The number of methoxy groups -OCH3 is 1. The number of nitrogens with one attached hydrogen (secondary N) is 2. The van der Waals surface area contributed by atoms with Crippen molar-refractivity contribution in [1.29, 1.82) is 0 Å². The third kappa shape index (κ3) is 1.92. The molecule has 0 amide bonds. The first-order valence-electron chi connectivity index (χ1n) is 7.13. The van der Waals surface area contributed by atoms with Crippen molar-refractivity contribution in [2.75, 3.05) is 13.7 Å². The number of hydrogen-bond donors (Lipinski definition) is 2. The molecule has 2 heterocycles. The van der Waals surface area contributed by atoms with Gasteiger partial charge in [-0.2, -0.15) is 0 Å². The van der Waals surface area contributed by atoms with E-state index in [0.29, 0.717) is 17.6 Å². The van der Waals surface area contributed by atoms with Crippen LogP contribution in [0.25, 0.3) is 0 Å². The number of hydrogen-bond acceptors (Lipinski definition) is 3. The molecule has 5 atom stereocenters. The Bertz CT molecular complexity index is 292. The lowest BCUT2D eigenvalue weighted by Crippen LogP contribution is -2.61. The minimum atomic E-state index is 0.305. The zero-order valence-corrected chi connectivity index (χ0v) is 11.3. The zero-order valence-electron chi connectivity index (χ0n) is 11.3. The standard InChI is InChI=1S/C14H26N2O/c1-14(2)12(7-13(14)17-3)15-8-9-6-10-4-5-11(9)16-10/h9-13,15-16H,4-8H2,1-3H3. The van der Waals surface area contributed by atoms with Crippen LogP contribution in [0.3, 0.4) is 0 Å². The Kier molecular flexibility index (Phi) is 2.96. The maximum absolute atomic E-state index is 5.50. The summed E-state index contributed by atoms with van der Waals surface area (Å²) in [6, 6.07) is 2.27. The Hall–Kier alpha value is -0.120. The van der Waals surface area contributed by atoms with Gasteiger partial charge in [0.05, 0.1) is 6.10 Å². The van der Waals surface area contributed by atoms with Crippen molar-refractivity contribution in [2.24, 2.45) is 11.3 Å². The highest BCUT2D eigenvalue weighted by molar-refractivity contribution is 5.04. The second-order valence-electron chi connectivity index (χ2n) is 6.79. The maximum atomic E-state index is 5.50. The van der Waals surface area contributed by atoms with E-state index >= 15 is 0 Å². The summed E-state index contributed by atoms with van der Waals surface area (Å²) in [5, 5.41) is 7.49. The lowest BCUT2D eigenvalue weighted by molar-refractivity contribution is -0.0982. The van der Waals surface area contributed by atoms with Gasteiger partial charge in [0.1, 0.15) is 0 Å². The van der Waals surface area contributed by atoms with Crippen LogP contribution in [0.5, 0.6) is 0 Å². The van der Waals surface area contributed by atoms with Gasteiger partial charge in [-0.3, -0.25) is 0 Å². The highest BCUT2D eigenvalue weighted by Crippen LogP contribution is 2.42. The first kappa shape index (κ1) is 11.9. The minimum Gasteiger partial charge on any atom is -0.381 e. The fourth-order valence-electron chi connectivity index (χ4n) is 4.09. The summed E-state index contributed by atoms with van der Waals surface area (Å²) in [5.41, 5.74) is 0.305. The molecule has 5 unspecified atom stereocenters. The zero-order chi connectivity index (χ0) is 12.0. The van der Waals surface area contributed by atoms with E-state index in [0.717, 1.165) is 18.0 Å². The molecule has 2 bridgehead atoms. The summed E-state index contributed by atoms with van der Waals surface area (Å²) >= 11 is 0. The number of ether oxygens (including phenoxy) is 1. The second kappa shape index (κ2) is 4.22. The van der Waals surface area contributed by atoms with Crippen LogP contribution < -0.4 is 10.6 Å². The van der Waals surface area contributed by atoms with Crippen LogP contribution in [0.2, 0.25) is 0 Å². The SMILES string of the molecule is COC1CC(NCC2CC3CCC2N3)C1(C)C. The smallest absolute Gasteiger partial charge is 0.0652 e. The molecular weight excluding hydrogens is 212 g/mol. The highest BCUT2D eigenvalue weighted by Gasteiger charge is 2.49. The van der Waals surface area contributed by atoms with Crippen LogP contribution >= 0.6 is 0 Å². The molecule has 0 aromatic heterocycles. The van der Waals surface area contributed by atoms with Gasteiger partial charge >= 0.3 is 0 Å². The molecule has 98 valence electrons. The van der Waals surface area contributed by atoms with E-state index < -0.39 is 0 Å². The van der Waals surface area contributed by atoms with E-state index in [4.69, 9.17) is 4.74 Å². The number of fused-ring (bicyclic) bond motifs is 2. The quantitative estimate of drug-likeness (QED) is 0.779. The van der Waals surface area contributed by atoms with Crippen LogP contribution in [0.1, 0.15) is 39.5 Å². The molecule has 2 N–H and O–H groups in total. The highest BCUT2D eigenvalue weighted by atomic mass is 16.5. The number of rotatable bonds is 4. The van der Waals surface area contributed by atoms with Gasteiger partial charge < -0.3 is 15.4 Å². The fraction of sp³-hybridized carbons (Fsp3) is 1.00. The molecule has 3 aliphatic rings. The van der Waals surface area contributed by atoms with Crippen molar-refractivity contribution in [3.8, 4) is 0 Å². The molecule has 17 heavy (non-hydrogen) atoms. The molecule has 2 aliphatic heterocycles. The van der Waals surface area contributed by atoms with E-state index in [1.807, 2.05) is 7.11 Å².